The van der Waals surface area contributed by atoms with E-state index in [1.807, 2.05) is 6.92 Å². The van der Waals surface area contributed by atoms with Gasteiger partial charge in [0.15, 0.2) is 5.03 Å². The van der Waals surface area contributed by atoms with Crippen LogP contribution in [0.5, 0.6) is 0 Å². The summed E-state index contributed by atoms with van der Waals surface area (Å²) < 4.78 is 28.3. The van der Waals surface area contributed by atoms with Crippen LogP contribution in [-0.4, -0.2) is 28.2 Å². The number of hydrogen-bond acceptors (Lipinski definition) is 4. The molecule has 0 amide bonds. The molecule has 0 spiro atoms. The van der Waals surface area contributed by atoms with E-state index in [2.05, 4.69) is 19.9 Å². The Bertz CT molecular complexity index is 636. The number of sulfonamides is 1. The molecule has 0 aliphatic rings. The van der Waals surface area contributed by atoms with Crippen LogP contribution in [0.2, 0.25) is 0 Å². The van der Waals surface area contributed by atoms with Gasteiger partial charge in [0, 0.05) is 18.8 Å². The number of aromatic amines is 1. The Kier molecular flexibility index (Phi) is 3.12. The lowest BCUT2D eigenvalue weighted by Gasteiger charge is -2.04. The van der Waals surface area contributed by atoms with E-state index in [0.717, 1.165) is 5.56 Å². The summed E-state index contributed by atoms with van der Waals surface area (Å²) in [5.74, 6) is 1.02. The molecule has 2 rings (SSSR count). The standard InChI is InChI=1S/C10H15N5O2S/c1-4-8-5-11-13-10(8)14-18(16,17)9-6-15(3)7(2)12-9/h5-6H,4H2,1-3H3,(H2,11,13,14). The van der Waals surface area contributed by atoms with Gasteiger partial charge in [-0.25, -0.2) is 4.98 Å². The average molecular weight is 269 g/mol. The molecule has 0 unspecified atom stereocenters. The summed E-state index contributed by atoms with van der Waals surface area (Å²) in [4.78, 5) is 4.00. The Labute approximate surface area is 105 Å². The summed E-state index contributed by atoms with van der Waals surface area (Å²) in [6, 6.07) is 0. The van der Waals surface area contributed by atoms with Gasteiger partial charge in [-0.1, -0.05) is 6.92 Å². The normalized spacial score (nSPS) is 11.7. The zero-order valence-corrected chi connectivity index (χ0v) is 11.2. The first-order valence-corrected chi connectivity index (χ1v) is 6.97. The lowest BCUT2D eigenvalue weighted by Crippen LogP contribution is -2.14. The molecule has 0 fully saturated rings. The third-order valence-electron chi connectivity index (χ3n) is 2.70. The van der Waals surface area contributed by atoms with Gasteiger partial charge in [0.05, 0.1) is 6.20 Å². The molecular weight excluding hydrogens is 254 g/mol. The second-order valence-electron chi connectivity index (χ2n) is 3.97. The number of hydrogen-bond donors (Lipinski definition) is 2. The van der Waals surface area contributed by atoms with Gasteiger partial charge in [-0.05, 0) is 13.3 Å². The maximum atomic E-state index is 12.1. The van der Waals surface area contributed by atoms with Crippen molar-refractivity contribution < 1.29 is 8.42 Å². The molecule has 8 heteroatoms. The van der Waals surface area contributed by atoms with Crippen LogP contribution in [0.25, 0.3) is 0 Å². The van der Waals surface area contributed by atoms with E-state index in [1.54, 1.807) is 24.7 Å². The molecule has 7 nitrogen and oxygen atoms in total. The molecule has 0 aliphatic carbocycles. The Morgan fingerprint density at radius 1 is 1.50 bits per heavy atom. The van der Waals surface area contributed by atoms with Gasteiger partial charge in [-0.15, -0.1) is 0 Å². The van der Waals surface area contributed by atoms with Crippen molar-refractivity contribution in [3.8, 4) is 0 Å². The van der Waals surface area contributed by atoms with E-state index in [0.29, 0.717) is 18.1 Å². The fourth-order valence-electron chi connectivity index (χ4n) is 1.51. The van der Waals surface area contributed by atoms with Gasteiger partial charge < -0.3 is 4.57 Å². The van der Waals surface area contributed by atoms with Crippen LogP contribution in [0, 0.1) is 6.92 Å². The minimum Gasteiger partial charge on any atom is -0.337 e. The van der Waals surface area contributed by atoms with Crippen LogP contribution in [0.1, 0.15) is 18.3 Å². The largest absolute Gasteiger partial charge is 0.337 e. The topological polar surface area (TPSA) is 92.7 Å². The summed E-state index contributed by atoms with van der Waals surface area (Å²) in [6.45, 7) is 3.67. The molecule has 0 saturated heterocycles. The van der Waals surface area contributed by atoms with Crippen LogP contribution in [0.15, 0.2) is 17.4 Å². The predicted molar refractivity (Wildman–Crippen MR) is 66.7 cm³/mol. The van der Waals surface area contributed by atoms with E-state index in [9.17, 15) is 8.42 Å². The molecule has 98 valence electrons. The predicted octanol–water partition coefficient (Wildman–Crippen LogP) is 0.815. The number of aryl methyl sites for hydroxylation is 3. The lowest BCUT2D eigenvalue weighted by atomic mass is 10.3. The number of nitrogens with one attached hydrogen (secondary N) is 2. The third-order valence-corrected chi connectivity index (χ3v) is 3.92. The van der Waals surface area contributed by atoms with Crippen LogP contribution in [0.3, 0.4) is 0 Å². The molecule has 2 aromatic heterocycles. The summed E-state index contributed by atoms with van der Waals surface area (Å²) in [6.07, 6.45) is 3.76. The highest BCUT2D eigenvalue weighted by Gasteiger charge is 2.20. The number of nitrogens with zero attached hydrogens (tertiary/aromatic N) is 3. The molecule has 0 bridgehead atoms. The minimum atomic E-state index is -3.67. The Balaban J connectivity index is 2.33. The number of H-pyrrole nitrogens is 1. The second kappa shape index (κ2) is 4.45. The van der Waals surface area contributed by atoms with Crippen molar-refractivity contribution >= 4 is 15.8 Å². The summed E-state index contributed by atoms with van der Waals surface area (Å²) in [7, 11) is -1.93. The van der Waals surface area contributed by atoms with Crippen molar-refractivity contribution in [2.75, 3.05) is 4.72 Å². The first-order chi connectivity index (χ1) is 8.44. The number of aromatic nitrogens is 4. The van der Waals surface area contributed by atoms with E-state index in [4.69, 9.17) is 0 Å². The van der Waals surface area contributed by atoms with Crippen molar-refractivity contribution in [1.29, 1.82) is 0 Å². The SMILES string of the molecule is CCc1cn[nH]c1NS(=O)(=O)c1cn(C)c(C)n1. The zero-order chi connectivity index (χ0) is 13.3. The Morgan fingerprint density at radius 3 is 2.78 bits per heavy atom. The maximum absolute atomic E-state index is 12.1. The molecule has 2 aromatic rings. The van der Waals surface area contributed by atoms with Crippen LogP contribution in [0.4, 0.5) is 5.82 Å². The van der Waals surface area contributed by atoms with Gasteiger partial charge in [0.2, 0.25) is 0 Å². The van der Waals surface area contributed by atoms with Crippen LogP contribution >= 0.6 is 0 Å². The van der Waals surface area contributed by atoms with E-state index in [1.165, 1.54) is 6.20 Å². The highest BCUT2D eigenvalue weighted by molar-refractivity contribution is 7.92. The molecule has 18 heavy (non-hydrogen) atoms. The fourth-order valence-corrected chi connectivity index (χ4v) is 2.61. The summed E-state index contributed by atoms with van der Waals surface area (Å²) >= 11 is 0. The first kappa shape index (κ1) is 12.6. The third kappa shape index (κ3) is 2.23. The van der Waals surface area contributed by atoms with Crippen molar-refractivity contribution in [2.24, 2.45) is 7.05 Å². The van der Waals surface area contributed by atoms with Gasteiger partial charge in [-0.3, -0.25) is 9.82 Å². The van der Waals surface area contributed by atoms with Crippen molar-refractivity contribution in [3.63, 3.8) is 0 Å². The van der Waals surface area contributed by atoms with Crippen molar-refractivity contribution in [3.05, 3.63) is 23.8 Å². The molecule has 0 atom stereocenters. The molecule has 0 aliphatic heterocycles. The smallest absolute Gasteiger partial charge is 0.282 e. The van der Waals surface area contributed by atoms with E-state index in [-0.39, 0.29) is 5.03 Å². The Morgan fingerprint density at radius 2 is 2.22 bits per heavy atom. The quantitative estimate of drug-likeness (QED) is 0.859. The molecule has 0 saturated carbocycles. The monoisotopic (exact) mass is 269 g/mol. The average Bonchev–Trinajstić information content (AvgIpc) is 2.86. The molecule has 0 aromatic carbocycles. The highest BCUT2D eigenvalue weighted by Crippen LogP contribution is 2.17. The molecular formula is C10H15N5O2S. The van der Waals surface area contributed by atoms with Crippen LogP contribution < -0.4 is 4.72 Å². The van der Waals surface area contributed by atoms with Gasteiger partial charge >= 0.3 is 0 Å². The maximum Gasteiger partial charge on any atom is 0.282 e. The number of imidazole rings is 1. The molecule has 2 N–H and O–H groups in total. The second-order valence-corrected chi connectivity index (χ2v) is 5.60. The highest BCUT2D eigenvalue weighted by atomic mass is 32.2. The van der Waals surface area contributed by atoms with E-state index < -0.39 is 10.0 Å². The number of rotatable bonds is 4. The number of anilines is 1. The molecule has 0 radical (unpaired) electrons. The van der Waals surface area contributed by atoms with Crippen molar-refractivity contribution in [2.45, 2.75) is 25.3 Å². The van der Waals surface area contributed by atoms with Gasteiger partial charge in [-0.2, -0.15) is 13.5 Å². The van der Waals surface area contributed by atoms with Crippen LogP contribution in [-0.2, 0) is 23.5 Å². The first-order valence-electron chi connectivity index (χ1n) is 5.49. The Hall–Kier alpha value is -1.83. The summed E-state index contributed by atoms with van der Waals surface area (Å²) in [5, 5.41) is 6.44. The minimum absolute atomic E-state index is 0.000784. The lowest BCUT2D eigenvalue weighted by molar-refractivity contribution is 0.597. The molecule has 2 heterocycles. The zero-order valence-electron chi connectivity index (χ0n) is 10.4. The fraction of sp³-hybridized carbons (Fsp3) is 0.400. The van der Waals surface area contributed by atoms with Gasteiger partial charge in [0.25, 0.3) is 10.0 Å². The van der Waals surface area contributed by atoms with E-state index >= 15 is 0 Å². The van der Waals surface area contributed by atoms with Crippen molar-refractivity contribution in [1.82, 2.24) is 19.7 Å². The van der Waals surface area contributed by atoms with Gasteiger partial charge in [0.1, 0.15) is 11.6 Å². The summed E-state index contributed by atoms with van der Waals surface area (Å²) in [5.41, 5.74) is 0.811.